The standard InChI is InChI=1S/C26H26N2O6S/c1-6-34-20-13-16(7-12-19(20)32-4)14-21-24(29)28-23(17-8-10-18(31-3)11-9-17)22(25(30)33-5)15(2)27-26(28)35-21/h7-14,23H,6H2,1-5H3/b21-14-/t23-/m1/s1. The van der Waals surface area contributed by atoms with Gasteiger partial charge in [-0.25, -0.2) is 9.79 Å². The molecule has 0 N–H and O–H groups in total. The number of aromatic nitrogens is 1. The lowest BCUT2D eigenvalue weighted by Crippen LogP contribution is -2.39. The molecule has 2 aromatic carbocycles. The summed E-state index contributed by atoms with van der Waals surface area (Å²) in [6, 6.07) is 12.1. The Morgan fingerprint density at radius 1 is 1.09 bits per heavy atom. The summed E-state index contributed by atoms with van der Waals surface area (Å²) in [5.41, 5.74) is 2.10. The summed E-state index contributed by atoms with van der Waals surface area (Å²) in [4.78, 5) is 31.5. The van der Waals surface area contributed by atoms with Crippen molar-refractivity contribution in [2.24, 2.45) is 4.99 Å². The molecule has 1 aromatic heterocycles. The van der Waals surface area contributed by atoms with Crippen LogP contribution < -0.4 is 29.1 Å². The van der Waals surface area contributed by atoms with Gasteiger partial charge in [0.25, 0.3) is 5.56 Å². The highest BCUT2D eigenvalue weighted by Gasteiger charge is 2.33. The van der Waals surface area contributed by atoms with Gasteiger partial charge in [0.1, 0.15) is 5.75 Å². The van der Waals surface area contributed by atoms with E-state index in [4.69, 9.17) is 18.9 Å². The zero-order valence-corrected chi connectivity index (χ0v) is 21.0. The number of nitrogens with zero attached hydrogens (tertiary/aromatic N) is 2. The largest absolute Gasteiger partial charge is 0.497 e. The van der Waals surface area contributed by atoms with Crippen molar-refractivity contribution >= 4 is 23.4 Å². The monoisotopic (exact) mass is 494 g/mol. The molecule has 9 heteroatoms. The second-order valence-electron chi connectivity index (χ2n) is 7.69. The first-order valence-corrected chi connectivity index (χ1v) is 11.8. The van der Waals surface area contributed by atoms with Crippen LogP contribution in [0, 0.1) is 0 Å². The number of fused-ring (bicyclic) bond motifs is 1. The van der Waals surface area contributed by atoms with Crippen molar-refractivity contribution in [1.82, 2.24) is 4.57 Å². The Bertz CT molecular complexity index is 1470. The summed E-state index contributed by atoms with van der Waals surface area (Å²) in [6.45, 7) is 4.13. The Kier molecular flexibility index (Phi) is 7.07. The van der Waals surface area contributed by atoms with Crippen molar-refractivity contribution in [3.63, 3.8) is 0 Å². The summed E-state index contributed by atoms with van der Waals surface area (Å²) >= 11 is 1.26. The van der Waals surface area contributed by atoms with Crippen LogP contribution in [0.2, 0.25) is 0 Å². The highest BCUT2D eigenvalue weighted by Crippen LogP contribution is 2.32. The maximum atomic E-state index is 13.6. The summed E-state index contributed by atoms with van der Waals surface area (Å²) in [7, 11) is 4.48. The normalized spacial score (nSPS) is 15.3. The van der Waals surface area contributed by atoms with Gasteiger partial charge in [0, 0.05) is 0 Å². The Labute approximate surface area is 206 Å². The van der Waals surface area contributed by atoms with Crippen LogP contribution in [0.1, 0.15) is 31.0 Å². The van der Waals surface area contributed by atoms with Crippen LogP contribution in [0.3, 0.4) is 0 Å². The molecule has 0 amide bonds. The molecule has 0 radical (unpaired) electrons. The number of benzene rings is 2. The van der Waals surface area contributed by atoms with E-state index in [1.54, 1.807) is 50.0 Å². The van der Waals surface area contributed by atoms with Gasteiger partial charge in [0.15, 0.2) is 16.3 Å². The molecule has 182 valence electrons. The number of hydrogen-bond acceptors (Lipinski definition) is 8. The minimum Gasteiger partial charge on any atom is -0.497 e. The number of allylic oxidation sites excluding steroid dienone is 1. The third-order valence-corrected chi connectivity index (χ3v) is 6.63. The first kappa shape index (κ1) is 24.3. The van der Waals surface area contributed by atoms with E-state index in [9.17, 15) is 9.59 Å². The molecule has 0 spiro atoms. The van der Waals surface area contributed by atoms with Crippen molar-refractivity contribution < 1.29 is 23.7 Å². The summed E-state index contributed by atoms with van der Waals surface area (Å²) in [5.74, 6) is 1.35. The topological polar surface area (TPSA) is 88.4 Å². The Morgan fingerprint density at radius 3 is 2.46 bits per heavy atom. The number of ether oxygens (including phenoxy) is 4. The number of esters is 1. The van der Waals surface area contributed by atoms with E-state index < -0.39 is 12.0 Å². The molecule has 0 bridgehead atoms. The average Bonchev–Trinajstić information content (AvgIpc) is 3.17. The molecule has 2 heterocycles. The number of methoxy groups -OCH3 is 3. The minimum atomic E-state index is -0.679. The van der Waals surface area contributed by atoms with E-state index in [2.05, 4.69) is 4.99 Å². The van der Waals surface area contributed by atoms with Crippen LogP contribution in [0.5, 0.6) is 17.2 Å². The lowest BCUT2D eigenvalue weighted by molar-refractivity contribution is -0.136. The SMILES string of the molecule is CCOc1cc(/C=c2\sc3n(c2=O)[C@H](c2ccc(OC)cc2)C(C(=O)OC)=C(C)N=3)ccc1OC. The molecule has 1 aliphatic heterocycles. The molecular weight excluding hydrogens is 468 g/mol. The molecule has 0 aliphatic carbocycles. The quantitative estimate of drug-likeness (QED) is 0.470. The Balaban J connectivity index is 1.91. The van der Waals surface area contributed by atoms with Gasteiger partial charge in [-0.3, -0.25) is 9.36 Å². The van der Waals surface area contributed by atoms with Gasteiger partial charge < -0.3 is 18.9 Å². The molecule has 35 heavy (non-hydrogen) atoms. The zero-order chi connectivity index (χ0) is 25.1. The van der Waals surface area contributed by atoms with Gasteiger partial charge in [-0.15, -0.1) is 0 Å². The highest BCUT2D eigenvalue weighted by molar-refractivity contribution is 7.07. The Hall–Kier alpha value is -3.85. The van der Waals surface area contributed by atoms with E-state index in [0.717, 1.165) is 11.1 Å². The van der Waals surface area contributed by atoms with E-state index in [-0.39, 0.29) is 5.56 Å². The van der Waals surface area contributed by atoms with Crippen LogP contribution in [0.25, 0.3) is 6.08 Å². The van der Waals surface area contributed by atoms with Crippen molar-refractivity contribution in [3.05, 3.63) is 84.5 Å². The molecule has 0 fully saturated rings. The third-order valence-electron chi connectivity index (χ3n) is 5.64. The molecule has 1 atom stereocenters. The highest BCUT2D eigenvalue weighted by atomic mass is 32.1. The fraction of sp³-hybridized carbons (Fsp3) is 0.269. The van der Waals surface area contributed by atoms with Gasteiger partial charge in [0.05, 0.1) is 49.8 Å². The first-order valence-electron chi connectivity index (χ1n) is 11.0. The first-order chi connectivity index (χ1) is 16.9. The van der Waals surface area contributed by atoms with Crippen molar-refractivity contribution in [1.29, 1.82) is 0 Å². The fourth-order valence-electron chi connectivity index (χ4n) is 4.00. The van der Waals surface area contributed by atoms with E-state index in [0.29, 0.717) is 44.5 Å². The lowest BCUT2D eigenvalue weighted by atomic mass is 9.96. The number of hydrogen-bond donors (Lipinski definition) is 0. The maximum absolute atomic E-state index is 13.6. The minimum absolute atomic E-state index is 0.253. The molecule has 0 unspecified atom stereocenters. The zero-order valence-electron chi connectivity index (χ0n) is 20.2. The number of thiazole rings is 1. The van der Waals surface area contributed by atoms with Gasteiger partial charge in [-0.05, 0) is 55.3 Å². The van der Waals surface area contributed by atoms with Crippen molar-refractivity contribution in [2.45, 2.75) is 19.9 Å². The smallest absolute Gasteiger partial charge is 0.338 e. The van der Waals surface area contributed by atoms with Gasteiger partial charge >= 0.3 is 5.97 Å². The predicted octanol–water partition coefficient (Wildman–Crippen LogP) is 2.82. The van der Waals surface area contributed by atoms with Gasteiger partial charge in [-0.2, -0.15) is 0 Å². The molecule has 3 aromatic rings. The van der Waals surface area contributed by atoms with E-state index >= 15 is 0 Å². The second-order valence-corrected chi connectivity index (χ2v) is 8.70. The molecule has 0 saturated carbocycles. The van der Waals surface area contributed by atoms with Crippen LogP contribution in [0.15, 0.2) is 63.5 Å². The molecule has 8 nitrogen and oxygen atoms in total. The number of rotatable bonds is 7. The molecule has 0 saturated heterocycles. The summed E-state index contributed by atoms with van der Waals surface area (Å²) in [5, 5.41) is 0. The van der Waals surface area contributed by atoms with Crippen LogP contribution in [-0.4, -0.2) is 38.5 Å². The van der Waals surface area contributed by atoms with E-state index in [1.165, 1.54) is 18.4 Å². The fourth-order valence-corrected chi connectivity index (χ4v) is 5.04. The maximum Gasteiger partial charge on any atom is 0.338 e. The third kappa shape index (κ3) is 4.59. The van der Waals surface area contributed by atoms with Crippen molar-refractivity contribution in [3.8, 4) is 17.2 Å². The Morgan fingerprint density at radius 2 is 1.83 bits per heavy atom. The average molecular weight is 495 g/mol. The summed E-state index contributed by atoms with van der Waals surface area (Å²) in [6.07, 6.45) is 1.79. The van der Waals surface area contributed by atoms with Crippen LogP contribution in [-0.2, 0) is 9.53 Å². The van der Waals surface area contributed by atoms with Gasteiger partial charge in [-0.1, -0.05) is 29.5 Å². The number of carbonyl (C=O) groups excluding carboxylic acids is 1. The van der Waals surface area contributed by atoms with Crippen LogP contribution >= 0.6 is 11.3 Å². The van der Waals surface area contributed by atoms with Gasteiger partial charge in [0.2, 0.25) is 0 Å². The molecular formula is C26H26N2O6S. The van der Waals surface area contributed by atoms with Crippen LogP contribution in [0.4, 0.5) is 0 Å². The second kappa shape index (κ2) is 10.2. The van der Waals surface area contributed by atoms with E-state index in [1.807, 2.05) is 31.2 Å². The number of carbonyl (C=O) groups is 1. The van der Waals surface area contributed by atoms with Crippen molar-refractivity contribution in [2.75, 3.05) is 27.9 Å². The molecule has 1 aliphatic rings. The predicted molar refractivity (Wildman–Crippen MR) is 133 cm³/mol. The lowest BCUT2D eigenvalue weighted by Gasteiger charge is -2.24. The molecule has 4 rings (SSSR count). The summed E-state index contributed by atoms with van der Waals surface area (Å²) < 4.78 is 23.4.